The molecule has 7 nitrogen and oxygen atoms in total. The first-order valence-electron chi connectivity index (χ1n) is 10.2. The lowest BCUT2D eigenvalue weighted by atomic mass is 10.1. The number of hydrogen-bond acceptors (Lipinski definition) is 5. The first-order valence-corrected chi connectivity index (χ1v) is 10.6. The number of nitrogens with one attached hydrogen (secondary N) is 1. The van der Waals surface area contributed by atoms with Gasteiger partial charge in [-0.3, -0.25) is 9.69 Å². The number of likely N-dealkylation sites (tertiary alicyclic amines) is 1. The van der Waals surface area contributed by atoms with E-state index >= 15 is 0 Å². The molecule has 3 aromatic rings. The Morgan fingerprint density at radius 2 is 1.82 bits per heavy atom. The Labute approximate surface area is 197 Å². The molecule has 180 valence electrons. The summed E-state index contributed by atoms with van der Waals surface area (Å²) < 4.78 is 31.7. The smallest absolute Gasteiger partial charge is 0.475 e. The van der Waals surface area contributed by atoms with Gasteiger partial charge in [0.1, 0.15) is 5.82 Å². The van der Waals surface area contributed by atoms with Gasteiger partial charge in [0.05, 0.1) is 11.8 Å². The standard InChI is InChI=1S/C21H20ClN3O2.C2HF3O2/c22-18-4-2-1-3-17(18)19-11-20(27)24-21(23-19)15-7-5-14(6-8-15)12-25-10-9-16(26)13-25;3-2(4,5)1(6)7/h1-8,11,16,26H,9-10,12-13H2,(H,23,24,27);(H,6,7)/t16-;/m0./s1. The molecule has 1 fully saturated rings. The molecule has 4 rings (SSSR count). The van der Waals surface area contributed by atoms with Gasteiger partial charge in [0.15, 0.2) is 0 Å². The van der Waals surface area contributed by atoms with E-state index in [1.165, 1.54) is 6.07 Å². The molecule has 0 bridgehead atoms. The predicted molar refractivity (Wildman–Crippen MR) is 120 cm³/mol. The summed E-state index contributed by atoms with van der Waals surface area (Å²) in [6.45, 7) is 2.44. The lowest BCUT2D eigenvalue weighted by molar-refractivity contribution is -0.192. The Balaban J connectivity index is 0.000000406. The van der Waals surface area contributed by atoms with E-state index in [1.807, 2.05) is 42.5 Å². The van der Waals surface area contributed by atoms with Gasteiger partial charge in [-0.2, -0.15) is 13.2 Å². The number of aromatic nitrogens is 2. The van der Waals surface area contributed by atoms with E-state index in [9.17, 15) is 23.1 Å². The lowest BCUT2D eigenvalue weighted by Crippen LogP contribution is -2.21. The van der Waals surface area contributed by atoms with E-state index < -0.39 is 12.1 Å². The van der Waals surface area contributed by atoms with Crippen molar-refractivity contribution >= 4 is 17.6 Å². The molecule has 34 heavy (non-hydrogen) atoms. The van der Waals surface area contributed by atoms with Gasteiger partial charge in [-0.15, -0.1) is 0 Å². The summed E-state index contributed by atoms with van der Waals surface area (Å²) in [7, 11) is 0. The zero-order chi connectivity index (χ0) is 24.9. The van der Waals surface area contributed by atoms with Gasteiger partial charge in [-0.05, 0) is 18.1 Å². The molecule has 1 aromatic heterocycles. The topological polar surface area (TPSA) is 107 Å². The van der Waals surface area contributed by atoms with Gasteiger partial charge in [0.2, 0.25) is 0 Å². The van der Waals surface area contributed by atoms with Crippen molar-refractivity contribution in [3.63, 3.8) is 0 Å². The van der Waals surface area contributed by atoms with Crippen LogP contribution in [0.25, 0.3) is 22.6 Å². The molecule has 2 aromatic carbocycles. The molecule has 1 atom stereocenters. The molecule has 0 spiro atoms. The number of β-amino-alcohol motifs (C(OH)–C–C–N with tert-alkyl or cyclic N) is 1. The fourth-order valence-corrected chi connectivity index (χ4v) is 3.62. The van der Waals surface area contributed by atoms with Gasteiger partial charge < -0.3 is 15.2 Å². The van der Waals surface area contributed by atoms with Crippen molar-refractivity contribution in [2.24, 2.45) is 0 Å². The van der Waals surface area contributed by atoms with E-state index in [-0.39, 0.29) is 11.7 Å². The van der Waals surface area contributed by atoms with E-state index in [1.54, 1.807) is 6.07 Å². The van der Waals surface area contributed by atoms with Crippen LogP contribution in [0.4, 0.5) is 13.2 Å². The number of aliphatic carboxylic acids is 1. The first kappa shape index (κ1) is 25.4. The molecule has 0 saturated carbocycles. The summed E-state index contributed by atoms with van der Waals surface area (Å²) in [6.07, 6.45) is -4.47. The van der Waals surface area contributed by atoms with Crippen LogP contribution in [-0.4, -0.2) is 56.4 Å². The summed E-state index contributed by atoms with van der Waals surface area (Å²) in [5, 5.41) is 17.3. The maximum atomic E-state index is 12.1. The quantitative estimate of drug-likeness (QED) is 0.506. The number of rotatable bonds is 4. The number of carboxylic acid groups (broad SMARTS) is 1. The van der Waals surface area contributed by atoms with Crippen molar-refractivity contribution in [3.05, 3.63) is 75.5 Å². The number of alkyl halides is 3. The third-order valence-electron chi connectivity index (χ3n) is 5.02. The maximum absolute atomic E-state index is 12.1. The molecular weight excluding hydrogens is 475 g/mol. The van der Waals surface area contributed by atoms with Crippen LogP contribution < -0.4 is 5.56 Å². The molecule has 0 radical (unpaired) electrons. The Morgan fingerprint density at radius 3 is 2.38 bits per heavy atom. The Bertz CT molecular complexity index is 1200. The maximum Gasteiger partial charge on any atom is 0.490 e. The number of halogens is 4. The van der Waals surface area contributed by atoms with Crippen LogP contribution in [0.3, 0.4) is 0 Å². The van der Waals surface area contributed by atoms with Gasteiger partial charge in [0, 0.05) is 41.9 Å². The van der Waals surface area contributed by atoms with Gasteiger partial charge in [-0.1, -0.05) is 54.1 Å². The largest absolute Gasteiger partial charge is 0.490 e. The van der Waals surface area contributed by atoms with E-state index in [4.69, 9.17) is 21.5 Å². The molecule has 0 amide bonds. The summed E-state index contributed by atoms with van der Waals surface area (Å²) in [6, 6.07) is 16.8. The first-order chi connectivity index (χ1) is 16.0. The number of carbonyl (C=O) groups is 1. The second-order valence-corrected chi connectivity index (χ2v) is 8.04. The second-order valence-electron chi connectivity index (χ2n) is 7.64. The molecule has 1 aliphatic rings. The highest BCUT2D eigenvalue weighted by Gasteiger charge is 2.38. The van der Waals surface area contributed by atoms with Crippen molar-refractivity contribution in [2.75, 3.05) is 13.1 Å². The van der Waals surface area contributed by atoms with Crippen molar-refractivity contribution < 1.29 is 28.2 Å². The third-order valence-corrected chi connectivity index (χ3v) is 5.34. The molecular formula is C23H21ClF3N3O4. The SMILES string of the molecule is O=C(O)C(F)(F)F.O=c1cc(-c2ccccc2Cl)nc(-c2ccc(CN3CC[C@H](O)C3)cc2)[nH]1. The molecule has 1 saturated heterocycles. The predicted octanol–water partition coefficient (Wildman–Crippen LogP) is 3.96. The number of benzene rings is 2. The van der Waals surface area contributed by atoms with Crippen molar-refractivity contribution in [1.82, 2.24) is 14.9 Å². The fraction of sp³-hybridized carbons (Fsp3) is 0.261. The van der Waals surface area contributed by atoms with Crippen molar-refractivity contribution in [2.45, 2.75) is 25.2 Å². The molecule has 2 heterocycles. The van der Waals surface area contributed by atoms with Crippen molar-refractivity contribution in [3.8, 4) is 22.6 Å². The molecule has 0 unspecified atom stereocenters. The Hall–Kier alpha value is -3.21. The number of nitrogens with zero attached hydrogens (tertiary/aromatic N) is 2. The van der Waals surface area contributed by atoms with E-state index in [0.717, 1.165) is 42.7 Å². The number of hydrogen-bond donors (Lipinski definition) is 3. The molecule has 3 N–H and O–H groups in total. The normalized spacial score (nSPS) is 16.1. The molecule has 0 aliphatic carbocycles. The van der Waals surface area contributed by atoms with Crippen LogP contribution in [0, 0.1) is 0 Å². The summed E-state index contributed by atoms with van der Waals surface area (Å²) >= 11 is 6.25. The number of aliphatic hydroxyl groups excluding tert-OH is 1. The summed E-state index contributed by atoms with van der Waals surface area (Å²) in [5.41, 5.74) is 3.07. The number of H-pyrrole nitrogens is 1. The average molecular weight is 496 g/mol. The van der Waals surface area contributed by atoms with Crippen LogP contribution >= 0.6 is 11.6 Å². The Morgan fingerprint density at radius 1 is 1.18 bits per heavy atom. The molecule has 11 heteroatoms. The zero-order valence-corrected chi connectivity index (χ0v) is 18.5. The van der Waals surface area contributed by atoms with Crippen LogP contribution in [0.1, 0.15) is 12.0 Å². The summed E-state index contributed by atoms with van der Waals surface area (Å²) in [4.78, 5) is 30.7. The van der Waals surface area contributed by atoms with Gasteiger partial charge in [-0.25, -0.2) is 9.78 Å². The number of aliphatic hydroxyl groups is 1. The van der Waals surface area contributed by atoms with Crippen molar-refractivity contribution in [1.29, 1.82) is 0 Å². The minimum atomic E-state index is -5.08. The summed E-state index contributed by atoms with van der Waals surface area (Å²) in [5.74, 6) is -2.24. The van der Waals surface area contributed by atoms with Crippen LogP contribution in [0.2, 0.25) is 5.02 Å². The lowest BCUT2D eigenvalue weighted by Gasteiger charge is -2.15. The minimum absolute atomic E-state index is 0.217. The Kier molecular flexibility index (Phi) is 8.08. The third kappa shape index (κ3) is 6.89. The van der Waals surface area contributed by atoms with Crippen LogP contribution in [-0.2, 0) is 11.3 Å². The van der Waals surface area contributed by atoms with Crippen LogP contribution in [0.5, 0.6) is 0 Å². The van der Waals surface area contributed by atoms with E-state index in [2.05, 4.69) is 14.9 Å². The molecule has 1 aliphatic heterocycles. The average Bonchev–Trinajstić information content (AvgIpc) is 3.18. The minimum Gasteiger partial charge on any atom is -0.475 e. The monoisotopic (exact) mass is 495 g/mol. The highest BCUT2D eigenvalue weighted by molar-refractivity contribution is 6.33. The second kappa shape index (κ2) is 10.8. The van der Waals surface area contributed by atoms with Gasteiger partial charge >= 0.3 is 12.1 Å². The van der Waals surface area contributed by atoms with Gasteiger partial charge in [0.25, 0.3) is 5.56 Å². The van der Waals surface area contributed by atoms with E-state index in [0.29, 0.717) is 16.5 Å². The van der Waals surface area contributed by atoms with Crippen LogP contribution in [0.15, 0.2) is 59.4 Å². The number of aromatic amines is 1. The zero-order valence-electron chi connectivity index (χ0n) is 17.7. The number of carboxylic acids is 1. The highest BCUT2D eigenvalue weighted by atomic mass is 35.5. The fourth-order valence-electron chi connectivity index (χ4n) is 3.38. The highest BCUT2D eigenvalue weighted by Crippen LogP contribution is 2.26.